The summed E-state index contributed by atoms with van der Waals surface area (Å²) >= 11 is 1.81. The summed E-state index contributed by atoms with van der Waals surface area (Å²) in [6.45, 7) is 8.42. The third-order valence-corrected chi connectivity index (χ3v) is 5.20. The molecule has 0 bridgehead atoms. The van der Waals surface area contributed by atoms with Gasteiger partial charge in [0.2, 0.25) is 0 Å². The van der Waals surface area contributed by atoms with Gasteiger partial charge in [-0.1, -0.05) is 29.3 Å². The Morgan fingerprint density at radius 1 is 0.783 bits per heavy atom. The van der Waals surface area contributed by atoms with E-state index in [4.69, 9.17) is 0 Å². The lowest BCUT2D eigenvalue weighted by molar-refractivity contribution is 0.112. The van der Waals surface area contributed by atoms with Crippen molar-refractivity contribution < 1.29 is 4.79 Å². The van der Waals surface area contributed by atoms with Crippen molar-refractivity contribution in [2.75, 3.05) is 0 Å². The number of rotatable bonds is 3. The van der Waals surface area contributed by atoms with E-state index in [0.717, 1.165) is 23.0 Å². The molecule has 0 saturated heterocycles. The Hall–Kier alpha value is -2.19. The third kappa shape index (κ3) is 3.13. The van der Waals surface area contributed by atoms with Crippen molar-refractivity contribution in [1.29, 1.82) is 0 Å². The first-order valence-electron chi connectivity index (χ1n) is 7.73. The Kier molecular flexibility index (Phi) is 4.18. The fraction of sp³-hybridized carbons (Fsp3) is 0.190. The number of carbonyl (C=O) groups excluding carboxylic acids is 1. The van der Waals surface area contributed by atoms with Gasteiger partial charge >= 0.3 is 0 Å². The number of hydrogen-bond acceptors (Lipinski definition) is 2. The Morgan fingerprint density at radius 2 is 1.35 bits per heavy atom. The Labute approximate surface area is 141 Å². The summed E-state index contributed by atoms with van der Waals surface area (Å²) in [5.74, 6) is 0. The summed E-state index contributed by atoms with van der Waals surface area (Å²) in [5, 5.41) is 0. The molecule has 0 saturated carbocycles. The maximum absolute atomic E-state index is 11.0. The average molecular weight is 320 g/mol. The first-order chi connectivity index (χ1) is 11.0. The van der Waals surface area contributed by atoms with Crippen LogP contribution >= 0.6 is 11.3 Å². The van der Waals surface area contributed by atoms with Gasteiger partial charge in [-0.2, -0.15) is 0 Å². The molecule has 0 aliphatic rings. The van der Waals surface area contributed by atoms with Gasteiger partial charge in [-0.25, -0.2) is 0 Å². The van der Waals surface area contributed by atoms with E-state index < -0.39 is 0 Å². The van der Waals surface area contributed by atoms with Gasteiger partial charge in [0.15, 0.2) is 0 Å². The first kappa shape index (κ1) is 15.7. The minimum atomic E-state index is 0.745. The van der Waals surface area contributed by atoms with Crippen LogP contribution in [0.3, 0.4) is 0 Å². The van der Waals surface area contributed by atoms with E-state index >= 15 is 0 Å². The number of benzene rings is 2. The highest BCUT2D eigenvalue weighted by Crippen LogP contribution is 2.38. The summed E-state index contributed by atoms with van der Waals surface area (Å²) in [4.78, 5) is 13.6. The zero-order valence-electron chi connectivity index (χ0n) is 13.9. The van der Waals surface area contributed by atoms with E-state index in [9.17, 15) is 4.79 Å². The Balaban J connectivity index is 2.07. The van der Waals surface area contributed by atoms with Crippen LogP contribution in [0.15, 0.2) is 42.5 Å². The van der Waals surface area contributed by atoms with Gasteiger partial charge in [-0.15, -0.1) is 11.3 Å². The molecule has 0 amide bonds. The number of hydrogen-bond donors (Lipinski definition) is 0. The number of thiophene rings is 1. The Morgan fingerprint density at radius 3 is 1.91 bits per heavy atom. The second-order valence-electron chi connectivity index (χ2n) is 6.19. The molecular weight excluding hydrogens is 300 g/mol. The predicted octanol–water partition coefficient (Wildman–Crippen LogP) is 6.13. The van der Waals surface area contributed by atoms with E-state index in [1.807, 2.05) is 23.5 Å². The second kappa shape index (κ2) is 6.13. The molecule has 0 aliphatic carbocycles. The van der Waals surface area contributed by atoms with Gasteiger partial charge in [0.1, 0.15) is 6.29 Å². The summed E-state index contributed by atoms with van der Waals surface area (Å²) in [6.07, 6.45) is 0.916. The van der Waals surface area contributed by atoms with E-state index in [-0.39, 0.29) is 0 Å². The van der Waals surface area contributed by atoms with Crippen LogP contribution in [-0.2, 0) is 0 Å². The lowest BCUT2D eigenvalue weighted by Gasteiger charge is -2.09. The molecular formula is C21H20OS. The topological polar surface area (TPSA) is 17.1 Å². The van der Waals surface area contributed by atoms with Crippen LogP contribution in [0.4, 0.5) is 0 Å². The summed E-state index contributed by atoms with van der Waals surface area (Å²) in [7, 11) is 0. The van der Waals surface area contributed by atoms with Crippen LogP contribution in [0.2, 0.25) is 0 Å². The minimum Gasteiger partial charge on any atom is -0.298 e. The maximum atomic E-state index is 11.0. The molecule has 0 spiro atoms. The molecule has 0 aliphatic heterocycles. The molecule has 1 aromatic heterocycles. The molecule has 23 heavy (non-hydrogen) atoms. The van der Waals surface area contributed by atoms with Crippen LogP contribution in [0.25, 0.3) is 20.9 Å². The van der Waals surface area contributed by atoms with Crippen LogP contribution in [0, 0.1) is 27.7 Å². The van der Waals surface area contributed by atoms with Crippen molar-refractivity contribution in [1.82, 2.24) is 0 Å². The lowest BCUT2D eigenvalue weighted by Crippen LogP contribution is -1.90. The lowest BCUT2D eigenvalue weighted by atomic mass is 9.98. The van der Waals surface area contributed by atoms with E-state index in [2.05, 4.69) is 58.0 Å². The molecule has 0 N–H and O–H groups in total. The van der Waals surface area contributed by atoms with Crippen LogP contribution < -0.4 is 0 Å². The zero-order valence-corrected chi connectivity index (χ0v) is 14.8. The molecule has 1 heterocycles. The quantitative estimate of drug-likeness (QED) is 0.531. The van der Waals surface area contributed by atoms with Crippen molar-refractivity contribution in [3.05, 3.63) is 70.3 Å². The highest BCUT2D eigenvalue weighted by Gasteiger charge is 2.11. The third-order valence-electron chi connectivity index (χ3n) is 4.05. The summed E-state index contributed by atoms with van der Waals surface area (Å²) < 4.78 is 0. The SMILES string of the molecule is Cc1cc(C)cc(-c2ccc(-c3c(C)cc(C=O)cc3C)s2)c1. The minimum absolute atomic E-state index is 0.745. The van der Waals surface area contributed by atoms with Gasteiger partial charge in [0.05, 0.1) is 0 Å². The molecule has 0 unspecified atom stereocenters. The van der Waals surface area contributed by atoms with Gasteiger partial charge in [-0.3, -0.25) is 4.79 Å². The fourth-order valence-corrected chi connectivity index (χ4v) is 4.37. The molecule has 3 aromatic rings. The molecule has 0 radical (unpaired) electrons. The molecule has 0 fully saturated rings. The van der Waals surface area contributed by atoms with Crippen molar-refractivity contribution in [3.63, 3.8) is 0 Å². The van der Waals surface area contributed by atoms with Gasteiger partial charge in [0, 0.05) is 15.3 Å². The molecule has 2 aromatic carbocycles. The standard InChI is InChI=1S/C21H20OS/c1-13-7-14(2)9-18(8-13)19-5-6-20(23-19)21-15(3)10-17(12-22)11-16(21)4/h5-12H,1-4H3. The van der Waals surface area contributed by atoms with E-state index in [1.165, 1.54) is 32.0 Å². The second-order valence-corrected chi connectivity index (χ2v) is 7.27. The van der Waals surface area contributed by atoms with Gasteiger partial charge in [0.25, 0.3) is 0 Å². The van der Waals surface area contributed by atoms with E-state index in [1.54, 1.807) is 0 Å². The molecule has 3 rings (SSSR count). The van der Waals surface area contributed by atoms with Crippen LogP contribution in [-0.4, -0.2) is 6.29 Å². The van der Waals surface area contributed by atoms with Crippen LogP contribution in [0.1, 0.15) is 32.6 Å². The van der Waals surface area contributed by atoms with Crippen LogP contribution in [0.5, 0.6) is 0 Å². The smallest absolute Gasteiger partial charge is 0.150 e. The van der Waals surface area contributed by atoms with Crippen molar-refractivity contribution in [2.45, 2.75) is 27.7 Å². The van der Waals surface area contributed by atoms with Crippen molar-refractivity contribution >= 4 is 17.6 Å². The first-order valence-corrected chi connectivity index (χ1v) is 8.55. The maximum Gasteiger partial charge on any atom is 0.150 e. The molecule has 1 nitrogen and oxygen atoms in total. The summed E-state index contributed by atoms with van der Waals surface area (Å²) in [6, 6.07) is 15.0. The highest BCUT2D eigenvalue weighted by molar-refractivity contribution is 7.18. The van der Waals surface area contributed by atoms with Gasteiger partial charge < -0.3 is 0 Å². The highest BCUT2D eigenvalue weighted by atomic mass is 32.1. The normalized spacial score (nSPS) is 10.8. The Bertz CT molecular complexity index is 843. The fourth-order valence-electron chi connectivity index (χ4n) is 3.20. The molecule has 0 atom stereocenters. The van der Waals surface area contributed by atoms with Gasteiger partial charge in [-0.05, 0) is 74.2 Å². The van der Waals surface area contributed by atoms with Crippen molar-refractivity contribution in [2.24, 2.45) is 0 Å². The predicted molar refractivity (Wildman–Crippen MR) is 99.5 cm³/mol. The van der Waals surface area contributed by atoms with Crippen molar-refractivity contribution in [3.8, 4) is 20.9 Å². The number of carbonyl (C=O) groups is 1. The zero-order chi connectivity index (χ0) is 16.6. The van der Waals surface area contributed by atoms with E-state index in [0.29, 0.717) is 0 Å². The average Bonchev–Trinajstić information content (AvgIpc) is 2.95. The number of aryl methyl sites for hydroxylation is 4. The monoisotopic (exact) mass is 320 g/mol. The molecule has 2 heteroatoms. The summed E-state index contributed by atoms with van der Waals surface area (Å²) in [5.41, 5.74) is 8.15. The number of aldehydes is 1. The largest absolute Gasteiger partial charge is 0.298 e. The molecule has 116 valence electrons.